The lowest BCUT2D eigenvalue weighted by molar-refractivity contribution is -0.123. The summed E-state index contributed by atoms with van der Waals surface area (Å²) < 4.78 is 16.0. The summed E-state index contributed by atoms with van der Waals surface area (Å²) in [6.07, 6.45) is 0. The number of nitrogens with one attached hydrogen (secondary N) is 1. The van der Waals surface area contributed by atoms with Crippen LogP contribution in [0.4, 0.5) is 0 Å². The summed E-state index contributed by atoms with van der Waals surface area (Å²) in [5.41, 5.74) is 0.993. The van der Waals surface area contributed by atoms with Crippen LogP contribution in [0.5, 0.6) is 17.2 Å². The molecule has 1 aromatic carbocycles. The van der Waals surface area contributed by atoms with Gasteiger partial charge < -0.3 is 19.5 Å². The highest BCUT2D eigenvalue weighted by atomic mass is 16.5. The van der Waals surface area contributed by atoms with Crippen LogP contribution in [0.15, 0.2) is 12.1 Å². The van der Waals surface area contributed by atoms with E-state index in [2.05, 4.69) is 5.32 Å². The number of aryl methyl sites for hydroxylation is 1. The molecule has 0 aliphatic rings. The first-order valence-corrected chi connectivity index (χ1v) is 6.12. The quantitative estimate of drug-likeness (QED) is 0.855. The minimum absolute atomic E-state index is 0.0754. The molecule has 0 saturated heterocycles. The Morgan fingerprint density at radius 2 is 1.74 bits per heavy atom. The van der Waals surface area contributed by atoms with Crippen molar-refractivity contribution < 1.29 is 19.0 Å². The minimum Gasteiger partial charge on any atom is -0.493 e. The number of hydrogen-bond acceptors (Lipinski definition) is 4. The average molecular weight is 267 g/mol. The molecule has 0 heterocycles. The van der Waals surface area contributed by atoms with Crippen molar-refractivity contribution in [2.75, 3.05) is 20.8 Å². The van der Waals surface area contributed by atoms with Crippen molar-refractivity contribution in [3.8, 4) is 17.2 Å². The van der Waals surface area contributed by atoms with E-state index in [1.807, 2.05) is 32.9 Å². The van der Waals surface area contributed by atoms with Gasteiger partial charge in [0.25, 0.3) is 5.91 Å². The summed E-state index contributed by atoms with van der Waals surface area (Å²) in [6, 6.07) is 3.74. The third kappa shape index (κ3) is 4.35. The van der Waals surface area contributed by atoms with Crippen LogP contribution in [-0.4, -0.2) is 32.8 Å². The average Bonchev–Trinajstić information content (AvgIpc) is 2.35. The van der Waals surface area contributed by atoms with Crippen LogP contribution >= 0.6 is 0 Å². The van der Waals surface area contributed by atoms with E-state index in [1.165, 1.54) is 0 Å². The zero-order valence-electron chi connectivity index (χ0n) is 12.1. The van der Waals surface area contributed by atoms with Gasteiger partial charge in [-0.05, 0) is 38.5 Å². The molecule has 0 spiro atoms. The lowest BCUT2D eigenvalue weighted by atomic mass is 10.2. The monoisotopic (exact) mass is 267 g/mol. The minimum atomic E-state index is -0.181. The van der Waals surface area contributed by atoms with Crippen molar-refractivity contribution in [3.05, 3.63) is 17.7 Å². The van der Waals surface area contributed by atoms with Gasteiger partial charge >= 0.3 is 0 Å². The number of carbonyl (C=O) groups excluding carboxylic acids is 1. The molecule has 0 aliphatic carbocycles. The van der Waals surface area contributed by atoms with Gasteiger partial charge in [-0.2, -0.15) is 0 Å². The third-order valence-corrected chi connectivity index (χ3v) is 2.40. The summed E-state index contributed by atoms with van der Waals surface area (Å²) in [7, 11) is 3.10. The van der Waals surface area contributed by atoms with Crippen molar-refractivity contribution in [2.24, 2.45) is 0 Å². The molecule has 0 unspecified atom stereocenters. The molecular weight excluding hydrogens is 246 g/mol. The molecule has 1 aromatic rings. The molecule has 0 saturated carbocycles. The lowest BCUT2D eigenvalue weighted by Gasteiger charge is -2.15. The Balaban J connectivity index is 2.84. The molecule has 5 heteroatoms. The van der Waals surface area contributed by atoms with E-state index in [9.17, 15) is 4.79 Å². The highest BCUT2D eigenvalue weighted by molar-refractivity contribution is 5.78. The van der Waals surface area contributed by atoms with Crippen LogP contribution in [-0.2, 0) is 4.79 Å². The van der Waals surface area contributed by atoms with Crippen LogP contribution < -0.4 is 19.5 Å². The third-order valence-electron chi connectivity index (χ3n) is 2.40. The van der Waals surface area contributed by atoms with Gasteiger partial charge in [-0.1, -0.05) is 0 Å². The summed E-state index contributed by atoms with van der Waals surface area (Å²) in [4.78, 5) is 11.6. The van der Waals surface area contributed by atoms with Gasteiger partial charge in [-0.3, -0.25) is 4.79 Å². The van der Waals surface area contributed by atoms with E-state index in [4.69, 9.17) is 14.2 Å². The summed E-state index contributed by atoms with van der Waals surface area (Å²) in [6.45, 7) is 5.64. The van der Waals surface area contributed by atoms with E-state index in [1.54, 1.807) is 14.2 Å². The summed E-state index contributed by atoms with van der Waals surface area (Å²) >= 11 is 0. The summed E-state index contributed by atoms with van der Waals surface area (Å²) in [5, 5.41) is 2.75. The van der Waals surface area contributed by atoms with Crippen LogP contribution in [0.2, 0.25) is 0 Å². The Morgan fingerprint density at radius 3 is 2.16 bits per heavy atom. The number of benzene rings is 1. The number of amides is 1. The second-order valence-corrected chi connectivity index (χ2v) is 4.51. The molecule has 0 atom stereocenters. The molecule has 0 radical (unpaired) electrons. The van der Waals surface area contributed by atoms with Crippen molar-refractivity contribution >= 4 is 5.91 Å². The van der Waals surface area contributed by atoms with E-state index >= 15 is 0 Å². The molecule has 0 bridgehead atoms. The van der Waals surface area contributed by atoms with E-state index in [0.717, 1.165) is 5.56 Å². The molecule has 19 heavy (non-hydrogen) atoms. The largest absolute Gasteiger partial charge is 0.493 e. The number of methoxy groups -OCH3 is 2. The fraction of sp³-hybridized carbons (Fsp3) is 0.500. The first-order chi connectivity index (χ1) is 8.97. The molecule has 0 aliphatic heterocycles. The van der Waals surface area contributed by atoms with Crippen LogP contribution in [0.25, 0.3) is 0 Å². The molecule has 0 aromatic heterocycles. The predicted octanol–water partition coefficient (Wildman–Crippen LogP) is 1.92. The second kappa shape index (κ2) is 6.87. The molecule has 106 valence electrons. The Morgan fingerprint density at radius 1 is 1.21 bits per heavy atom. The zero-order valence-corrected chi connectivity index (χ0v) is 12.1. The van der Waals surface area contributed by atoms with E-state index in [0.29, 0.717) is 17.2 Å². The number of carbonyl (C=O) groups is 1. The van der Waals surface area contributed by atoms with Crippen molar-refractivity contribution in [1.29, 1.82) is 0 Å². The van der Waals surface area contributed by atoms with Gasteiger partial charge in [0.05, 0.1) is 14.2 Å². The fourth-order valence-corrected chi connectivity index (χ4v) is 1.65. The van der Waals surface area contributed by atoms with Crippen LogP contribution in [0, 0.1) is 6.92 Å². The molecular formula is C14H21NO4. The Labute approximate surface area is 113 Å². The maximum atomic E-state index is 11.6. The van der Waals surface area contributed by atoms with Crippen molar-refractivity contribution in [2.45, 2.75) is 26.8 Å². The first kappa shape index (κ1) is 15.1. The fourth-order valence-electron chi connectivity index (χ4n) is 1.65. The molecule has 1 amide bonds. The highest BCUT2D eigenvalue weighted by Crippen LogP contribution is 2.38. The smallest absolute Gasteiger partial charge is 0.258 e. The standard InChI is InChI=1S/C14H21NO4/c1-9(2)15-13(16)8-19-14-11(17-4)6-10(3)7-12(14)18-5/h6-7,9H,8H2,1-5H3,(H,15,16). The van der Waals surface area contributed by atoms with Crippen LogP contribution in [0.1, 0.15) is 19.4 Å². The molecule has 0 fully saturated rings. The summed E-state index contributed by atoms with van der Waals surface area (Å²) in [5.74, 6) is 1.36. The van der Waals surface area contributed by atoms with Gasteiger partial charge in [0.1, 0.15) is 0 Å². The number of rotatable bonds is 6. The Hall–Kier alpha value is -1.91. The normalized spacial score (nSPS) is 10.2. The number of ether oxygens (including phenoxy) is 3. The molecule has 1 rings (SSSR count). The van der Waals surface area contributed by atoms with Crippen molar-refractivity contribution in [1.82, 2.24) is 5.32 Å². The van der Waals surface area contributed by atoms with Gasteiger partial charge in [-0.15, -0.1) is 0 Å². The Kier molecular flexibility index (Phi) is 5.48. The topological polar surface area (TPSA) is 56.8 Å². The van der Waals surface area contributed by atoms with Crippen molar-refractivity contribution in [3.63, 3.8) is 0 Å². The van der Waals surface area contributed by atoms with Gasteiger partial charge in [0.15, 0.2) is 18.1 Å². The first-order valence-electron chi connectivity index (χ1n) is 6.12. The molecule has 1 N–H and O–H groups in total. The van der Waals surface area contributed by atoms with Gasteiger partial charge in [0, 0.05) is 6.04 Å². The van der Waals surface area contributed by atoms with E-state index in [-0.39, 0.29) is 18.6 Å². The maximum Gasteiger partial charge on any atom is 0.258 e. The Bertz CT molecular complexity index is 418. The maximum absolute atomic E-state index is 11.6. The second-order valence-electron chi connectivity index (χ2n) is 4.51. The highest BCUT2D eigenvalue weighted by Gasteiger charge is 2.14. The molecule has 5 nitrogen and oxygen atoms in total. The SMILES string of the molecule is COc1cc(C)cc(OC)c1OCC(=O)NC(C)C. The van der Waals surface area contributed by atoms with E-state index < -0.39 is 0 Å². The predicted molar refractivity (Wildman–Crippen MR) is 73.1 cm³/mol. The van der Waals surface area contributed by atoms with Gasteiger partial charge in [-0.25, -0.2) is 0 Å². The number of hydrogen-bond donors (Lipinski definition) is 1. The van der Waals surface area contributed by atoms with Crippen LogP contribution in [0.3, 0.4) is 0 Å². The lowest BCUT2D eigenvalue weighted by Crippen LogP contribution is -2.34. The van der Waals surface area contributed by atoms with Gasteiger partial charge in [0.2, 0.25) is 5.75 Å². The zero-order chi connectivity index (χ0) is 14.4.